The predicted octanol–water partition coefficient (Wildman–Crippen LogP) is 18.5. The molecule has 2 heteroatoms. The molecule has 328 valence electrons. The van der Waals surface area contributed by atoms with E-state index in [4.69, 9.17) is 0 Å². The van der Waals surface area contributed by atoms with Crippen molar-refractivity contribution in [1.29, 1.82) is 0 Å². The van der Waals surface area contributed by atoms with Crippen molar-refractivity contribution in [2.24, 2.45) is 0 Å². The van der Waals surface area contributed by atoms with Crippen molar-refractivity contribution in [3.63, 3.8) is 0 Å². The normalized spacial score (nSPS) is 12.8. The van der Waals surface area contributed by atoms with Crippen molar-refractivity contribution in [3.05, 3.63) is 253 Å². The Labute approximate surface area is 404 Å². The van der Waals surface area contributed by atoms with E-state index in [-0.39, 0.29) is 5.41 Å². The van der Waals surface area contributed by atoms with Gasteiger partial charge in [0.15, 0.2) is 0 Å². The number of hydrogen-bond acceptors (Lipinski definition) is 1. The van der Waals surface area contributed by atoms with Gasteiger partial charge < -0.3 is 9.47 Å². The molecule has 2 nitrogen and oxygen atoms in total. The first-order chi connectivity index (χ1) is 33.8. The zero-order chi connectivity index (χ0) is 46.4. The van der Waals surface area contributed by atoms with Gasteiger partial charge in [-0.25, -0.2) is 0 Å². The first kappa shape index (κ1) is 40.8. The summed E-state index contributed by atoms with van der Waals surface area (Å²) in [5.74, 6) is 0. The molecule has 0 saturated heterocycles. The fourth-order valence-corrected chi connectivity index (χ4v) is 11.6. The number of hydrogen-bond donors (Lipinski definition) is 0. The largest absolute Gasteiger partial charge is 0.310 e. The third-order valence-electron chi connectivity index (χ3n) is 15.0. The number of nitrogens with zero attached hydrogens (tertiary/aromatic N) is 2. The van der Waals surface area contributed by atoms with Gasteiger partial charge in [0.25, 0.3) is 0 Å². The molecule has 0 N–H and O–H groups in total. The number of fused-ring (bicyclic) bond motifs is 11. The van der Waals surface area contributed by atoms with Crippen LogP contribution in [0.2, 0.25) is 0 Å². The maximum absolute atomic E-state index is 2.55. The van der Waals surface area contributed by atoms with Gasteiger partial charge in [-0.15, -0.1) is 0 Å². The lowest BCUT2D eigenvalue weighted by Gasteiger charge is -2.26. The van der Waals surface area contributed by atoms with E-state index >= 15 is 0 Å². The first-order valence-corrected chi connectivity index (χ1v) is 24.2. The molecule has 69 heavy (non-hydrogen) atoms. The van der Waals surface area contributed by atoms with Gasteiger partial charge in [-0.1, -0.05) is 190 Å². The van der Waals surface area contributed by atoms with Gasteiger partial charge in [0.05, 0.1) is 11.0 Å². The Balaban J connectivity index is 1.04. The van der Waals surface area contributed by atoms with Crippen LogP contribution in [0, 0.1) is 13.8 Å². The van der Waals surface area contributed by atoms with Crippen LogP contribution in [0.4, 0.5) is 17.1 Å². The van der Waals surface area contributed by atoms with E-state index in [1.165, 1.54) is 116 Å². The molecule has 12 aromatic rings. The van der Waals surface area contributed by atoms with E-state index in [0.29, 0.717) is 0 Å². The number of benzene rings is 11. The number of anilines is 3. The highest BCUT2D eigenvalue weighted by molar-refractivity contribution is 6.32. The monoisotopic (exact) mass is 882 g/mol. The lowest BCUT2D eigenvalue weighted by Crippen LogP contribution is -2.15. The predicted molar refractivity (Wildman–Crippen MR) is 294 cm³/mol. The lowest BCUT2D eigenvalue weighted by atomic mass is 9.82. The molecule has 0 aliphatic heterocycles. The summed E-state index contributed by atoms with van der Waals surface area (Å²) in [4.78, 5) is 2.44. The topological polar surface area (TPSA) is 8.17 Å². The second-order valence-corrected chi connectivity index (χ2v) is 19.4. The van der Waals surface area contributed by atoms with E-state index in [9.17, 15) is 0 Å². The number of aryl methyl sites for hydroxylation is 2. The third kappa shape index (κ3) is 6.47. The van der Waals surface area contributed by atoms with Gasteiger partial charge in [0.1, 0.15) is 0 Å². The van der Waals surface area contributed by atoms with Crippen molar-refractivity contribution in [1.82, 2.24) is 4.57 Å². The van der Waals surface area contributed by atoms with Crippen molar-refractivity contribution >= 4 is 60.4 Å². The van der Waals surface area contributed by atoms with Crippen LogP contribution in [0.15, 0.2) is 231 Å². The van der Waals surface area contributed by atoms with E-state index < -0.39 is 0 Å². The van der Waals surface area contributed by atoms with Crippen LogP contribution >= 0.6 is 0 Å². The molecule has 1 aliphatic carbocycles. The highest BCUT2D eigenvalue weighted by atomic mass is 15.1. The Kier molecular flexibility index (Phi) is 9.36. The SMILES string of the molecule is Cc1ccccc1-c1ccc(-c2cccc(N(c3ccc(-c4ccccc4)cc3)c3ccc4c(c3)c3c5ccccc5c5ccccc5c3n4-c3ccc4c(c3)C(C)(C)c3ccccc3-4)c2)cc1C. The minimum Gasteiger partial charge on any atom is -0.310 e. The molecule has 0 fully saturated rings. The minimum atomic E-state index is -0.130. The van der Waals surface area contributed by atoms with Gasteiger partial charge in [-0.05, 0) is 151 Å². The fraction of sp³-hybridized carbons (Fsp3) is 0.0746. The van der Waals surface area contributed by atoms with Crippen molar-refractivity contribution in [2.45, 2.75) is 33.1 Å². The average molecular weight is 883 g/mol. The summed E-state index contributed by atoms with van der Waals surface area (Å²) in [7, 11) is 0. The van der Waals surface area contributed by atoms with Crippen LogP contribution in [0.5, 0.6) is 0 Å². The van der Waals surface area contributed by atoms with Gasteiger partial charge in [-0.3, -0.25) is 0 Å². The second kappa shape index (κ2) is 15.8. The quantitative estimate of drug-likeness (QED) is 0.145. The summed E-state index contributed by atoms with van der Waals surface area (Å²) in [5, 5.41) is 7.51. The molecule has 0 atom stereocenters. The van der Waals surface area contributed by atoms with Crippen molar-refractivity contribution < 1.29 is 0 Å². The van der Waals surface area contributed by atoms with E-state index in [0.717, 1.165) is 17.1 Å². The smallest absolute Gasteiger partial charge is 0.0625 e. The van der Waals surface area contributed by atoms with Crippen LogP contribution in [-0.2, 0) is 5.41 Å². The summed E-state index contributed by atoms with van der Waals surface area (Å²) < 4.78 is 2.55. The maximum atomic E-state index is 2.55. The fourth-order valence-electron chi connectivity index (χ4n) is 11.6. The molecule has 1 aromatic heterocycles. The summed E-state index contributed by atoms with van der Waals surface area (Å²) in [6.45, 7) is 9.18. The zero-order valence-corrected chi connectivity index (χ0v) is 39.3. The molecule has 0 bridgehead atoms. The average Bonchev–Trinajstić information content (AvgIpc) is 3.85. The molecule has 0 amide bonds. The molecule has 0 spiro atoms. The minimum absolute atomic E-state index is 0.130. The van der Waals surface area contributed by atoms with E-state index in [2.05, 4.69) is 268 Å². The standard InChI is InChI=1S/C67H50N2/c1-43-17-8-9-22-53(43)54-36-31-48(39-44(54)2)47-20-16-21-50(40-47)68(49-32-29-46(30-33-49)45-18-6-5-7-19-45)51-35-38-64-61(41-51)65-59-26-12-10-23-55(59)56-24-11-13-27-60(56)66(65)69(64)52-34-37-58-57-25-14-15-28-62(57)67(3,4)63(58)42-52/h5-42H,1-4H3. The summed E-state index contributed by atoms with van der Waals surface area (Å²) >= 11 is 0. The van der Waals surface area contributed by atoms with Gasteiger partial charge in [0, 0.05) is 44.3 Å². The summed E-state index contributed by atoms with van der Waals surface area (Å²) in [6.07, 6.45) is 0. The Morgan fingerprint density at radius 1 is 0.348 bits per heavy atom. The van der Waals surface area contributed by atoms with Crippen LogP contribution in [0.3, 0.4) is 0 Å². The van der Waals surface area contributed by atoms with Crippen LogP contribution < -0.4 is 4.90 Å². The highest BCUT2D eigenvalue weighted by Gasteiger charge is 2.35. The Morgan fingerprint density at radius 2 is 0.913 bits per heavy atom. The number of rotatable bonds is 7. The van der Waals surface area contributed by atoms with Gasteiger partial charge in [-0.2, -0.15) is 0 Å². The molecule has 13 rings (SSSR count). The summed E-state index contributed by atoms with van der Waals surface area (Å²) in [6, 6.07) is 85.6. The molecule has 0 saturated carbocycles. The summed E-state index contributed by atoms with van der Waals surface area (Å²) in [5.41, 5.74) is 22.0. The third-order valence-corrected chi connectivity index (χ3v) is 15.0. The van der Waals surface area contributed by atoms with Crippen molar-refractivity contribution in [2.75, 3.05) is 4.90 Å². The van der Waals surface area contributed by atoms with E-state index in [1.807, 2.05) is 0 Å². The maximum Gasteiger partial charge on any atom is 0.0625 e. The molecular weight excluding hydrogens is 833 g/mol. The van der Waals surface area contributed by atoms with Crippen LogP contribution in [0.25, 0.3) is 93.5 Å². The van der Waals surface area contributed by atoms with Crippen molar-refractivity contribution in [3.8, 4) is 50.2 Å². The second-order valence-electron chi connectivity index (χ2n) is 19.4. The number of aromatic nitrogens is 1. The molecule has 0 unspecified atom stereocenters. The zero-order valence-electron chi connectivity index (χ0n) is 39.3. The molecule has 1 aliphatic rings. The van der Waals surface area contributed by atoms with E-state index in [1.54, 1.807) is 0 Å². The molecular formula is C67H50N2. The Bertz CT molecular complexity index is 4000. The lowest BCUT2D eigenvalue weighted by molar-refractivity contribution is 0.660. The van der Waals surface area contributed by atoms with Crippen LogP contribution in [0.1, 0.15) is 36.1 Å². The first-order valence-electron chi connectivity index (χ1n) is 24.2. The molecule has 11 aromatic carbocycles. The Morgan fingerprint density at radius 3 is 1.70 bits per heavy atom. The van der Waals surface area contributed by atoms with Crippen LogP contribution in [-0.4, -0.2) is 4.57 Å². The highest BCUT2D eigenvalue weighted by Crippen LogP contribution is 2.51. The Hall–Kier alpha value is -8.46. The molecule has 0 radical (unpaired) electrons. The molecule has 1 heterocycles. The van der Waals surface area contributed by atoms with Gasteiger partial charge >= 0.3 is 0 Å². The van der Waals surface area contributed by atoms with Gasteiger partial charge in [0.2, 0.25) is 0 Å².